The molecule has 1 aliphatic heterocycles. The normalized spacial score (nSPS) is 17.1. The maximum Gasteiger partial charge on any atom is 0.272 e. The average Bonchev–Trinajstić information content (AvgIpc) is 3.21. The van der Waals surface area contributed by atoms with E-state index in [0.717, 1.165) is 11.1 Å². The Kier molecular flexibility index (Phi) is 2.66. The Morgan fingerprint density at radius 2 is 2.05 bits per heavy atom. The van der Waals surface area contributed by atoms with Gasteiger partial charge in [-0.3, -0.25) is 9.89 Å². The monoisotopic (exact) mass is 297 g/mol. The molecule has 0 spiro atoms. The molecule has 4 rings (SSSR count). The van der Waals surface area contributed by atoms with Gasteiger partial charge >= 0.3 is 0 Å². The lowest BCUT2D eigenvalue weighted by Crippen LogP contribution is -2.24. The zero-order valence-electron chi connectivity index (χ0n) is 11.7. The molecule has 1 aliphatic rings. The molecule has 0 fully saturated rings. The van der Waals surface area contributed by atoms with Crippen molar-refractivity contribution in [1.29, 1.82) is 0 Å². The number of H-pyrrole nitrogens is 1. The molecule has 0 bridgehead atoms. The fourth-order valence-corrected chi connectivity index (χ4v) is 2.87. The van der Waals surface area contributed by atoms with E-state index < -0.39 is 0 Å². The van der Waals surface area contributed by atoms with Crippen LogP contribution in [0.25, 0.3) is 11.3 Å². The van der Waals surface area contributed by atoms with Crippen molar-refractivity contribution in [3.05, 3.63) is 65.5 Å². The van der Waals surface area contributed by atoms with Gasteiger partial charge in [-0.05, 0) is 36.4 Å². The van der Waals surface area contributed by atoms with Gasteiger partial charge in [0.2, 0.25) is 0 Å². The van der Waals surface area contributed by atoms with E-state index in [-0.39, 0.29) is 17.8 Å². The summed E-state index contributed by atoms with van der Waals surface area (Å²) in [6, 6.07) is 9.31. The Morgan fingerprint density at radius 3 is 2.73 bits per heavy atom. The number of carbonyl (C=O) groups is 1. The van der Waals surface area contributed by atoms with E-state index in [1.54, 1.807) is 36.4 Å². The predicted molar refractivity (Wildman–Crippen MR) is 76.6 cm³/mol. The minimum absolute atomic E-state index is 0.141. The van der Waals surface area contributed by atoms with Gasteiger partial charge in [0.05, 0.1) is 12.0 Å². The average molecular weight is 297 g/mol. The van der Waals surface area contributed by atoms with Crippen LogP contribution in [0.15, 0.2) is 47.1 Å². The summed E-state index contributed by atoms with van der Waals surface area (Å²) < 4.78 is 18.6. The van der Waals surface area contributed by atoms with Crippen LogP contribution in [0, 0.1) is 5.82 Å². The molecule has 6 heteroatoms. The van der Waals surface area contributed by atoms with Gasteiger partial charge < -0.3 is 9.32 Å². The summed E-state index contributed by atoms with van der Waals surface area (Å²) in [5.74, 6) is 0.211. The number of hydrogen-bond donors (Lipinski definition) is 1. The molecule has 2 aromatic heterocycles. The van der Waals surface area contributed by atoms with Crippen molar-refractivity contribution in [3.63, 3.8) is 0 Å². The zero-order valence-corrected chi connectivity index (χ0v) is 11.7. The minimum Gasteiger partial charge on any atom is -0.467 e. The van der Waals surface area contributed by atoms with Crippen LogP contribution in [0.5, 0.6) is 0 Å². The summed E-state index contributed by atoms with van der Waals surface area (Å²) >= 11 is 0. The molecule has 22 heavy (non-hydrogen) atoms. The number of halogens is 1. The van der Waals surface area contributed by atoms with E-state index >= 15 is 0 Å². The van der Waals surface area contributed by atoms with Gasteiger partial charge in [-0.25, -0.2) is 4.39 Å². The third-order valence-electron chi connectivity index (χ3n) is 3.93. The largest absolute Gasteiger partial charge is 0.467 e. The van der Waals surface area contributed by atoms with Crippen molar-refractivity contribution in [1.82, 2.24) is 15.1 Å². The SMILES string of the molecule is CN1C(=O)c2[nH]nc(-c3ccc(F)cc3)c2[C@H]1c1ccco1. The van der Waals surface area contributed by atoms with E-state index in [2.05, 4.69) is 10.2 Å². The number of rotatable bonds is 2. The van der Waals surface area contributed by atoms with Crippen molar-refractivity contribution in [2.24, 2.45) is 0 Å². The van der Waals surface area contributed by atoms with Crippen molar-refractivity contribution in [3.8, 4) is 11.3 Å². The van der Waals surface area contributed by atoms with E-state index in [9.17, 15) is 9.18 Å². The summed E-state index contributed by atoms with van der Waals surface area (Å²) in [6.07, 6.45) is 1.57. The summed E-state index contributed by atoms with van der Waals surface area (Å²) in [4.78, 5) is 14.0. The van der Waals surface area contributed by atoms with Crippen LogP contribution in [-0.2, 0) is 0 Å². The second kappa shape index (κ2) is 4.56. The van der Waals surface area contributed by atoms with Crippen LogP contribution in [0.2, 0.25) is 0 Å². The Labute approximate surface area is 125 Å². The maximum atomic E-state index is 13.1. The fraction of sp³-hybridized carbons (Fsp3) is 0.125. The number of hydrogen-bond acceptors (Lipinski definition) is 3. The van der Waals surface area contributed by atoms with E-state index in [0.29, 0.717) is 17.1 Å². The quantitative estimate of drug-likeness (QED) is 0.791. The van der Waals surface area contributed by atoms with Crippen molar-refractivity contribution >= 4 is 5.91 Å². The van der Waals surface area contributed by atoms with Crippen LogP contribution >= 0.6 is 0 Å². The van der Waals surface area contributed by atoms with Crippen LogP contribution < -0.4 is 0 Å². The van der Waals surface area contributed by atoms with Gasteiger partial charge in [0.25, 0.3) is 5.91 Å². The zero-order chi connectivity index (χ0) is 15.3. The van der Waals surface area contributed by atoms with Crippen LogP contribution in [0.3, 0.4) is 0 Å². The summed E-state index contributed by atoms with van der Waals surface area (Å²) in [6.45, 7) is 0. The molecular formula is C16H12FN3O2. The van der Waals surface area contributed by atoms with Gasteiger partial charge in [0.1, 0.15) is 23.3 Å². The van der Waals surface area contributed by atoms with Crippen molar-refractivity contribution in [2.45, 2.75) is 6.04 Å². The maximum absolute atomic E-state index is 13.1. The molecular weight excluding hydrogens is 285 g/mol. The Bertz CT molecular complexity index is 837. The van der Waals surface area contributed by atoms with Gasteiger partial charge in [-0.2, -0.15) is 5.10 Å². The summed E-state index contributed by atoms with van der Waals surface area (Å²) in [5, 5.41) is 7.04. The fourth-order valence-electron chi connectivity index (χ4n) is 2.87. The minimum atomic E-state index is -0.337. The highest BCUT2D eigenvalue weighted by molar-refractivity contribution is 5.99. The first-order chi connectivity index (χ1) is 10.7. The highest BCUT2D eigenvalue weighted by Gasteiger charge is 2.41. The van der Waals surface area contributed by atoms with Gasteiger partial charge in [0.15, 0.2) is 0 Å². The highest BCUT2D eigenvalue weighted by Crippen LogP contribution is 2.41. The summed E-state index contributed by atoms with van der Waals surface area (Å²) in [7, 11) is 1.72. The molecule has 1 amide bonds. The first-order valence-corrected chi connectivity index (χ1v) is 6.81. The molecule has 0 aliphatic carbocycles. The number of nitrogens with zero attached hydrogens (tertiary/aromatic N) is 2. The number of aromatic amines is 1. The van der Waals surface area contributed by atoms with E-state index in [4.69, 9.17) is 4.42 Å². The number of benzene rings is 1. The second-order valence-corrected chi connectivity index (χ2v) is 5.20. The molecule has 1 aromatic carbocycles. The van der Waals surface area contributed by atoms with Crippen LogP contribution in [0.1, 0.15) is 27.9 Å². The van der Waals surface area contributed by atoms with Gasteiger partial charge in [0, 0.05) is 18.2 Å². The molecule has 110 valence electrons. The first-order valence-electron chi connectivity index (χ1n) is 6.81. The molecule has 1 N–H and O–H groups in total. The number of furan rings is 1. The topological polar surface area (TPSA) is 62.1 Å². The standard InChI is InChI=1S/C16H12FN3O2/c1-20-15(11-3-2-8-22-11)12-13(18-19-14(12)16(20)21)9-4-6-10(17)7-5-9/h2-8,15H,1H3,(H,18,19)/t15-/m1/s1. The Hall–Kier alpha value is -2.89. The smallest absolute Gasteiger partial charge is 0.272 e. The van der Waals surface area contributed by atoms with Crippen LogP contribution in [-0.4, -0.2) is 28.1 Å². The van der Waals surface area contributed by atoms with Crippen molar-refractivity contribution < 1.29 is 13.6 Å². The third-order valence-corrected chi connectivity index (χ3v) is 3.93. The van der Waals surface area contributed by atoms with Gasteiger partial charge in [-0.15, -0.1) is 0 Å². The molecule has 1 atom stereocenters. The number of amides is 1. The third kappa shape index (κ3) is 1.70. The lowest BCUT2D eigenvalue weighted by molar-refractivity contribution is 0.0777. The van der Waals surface area contributed by atoms with Gasteiger partial charge in [-0.1, -0.05) is 0 Å². The van der Waals surface area contributed by atoms with Crippen molar-refractivity contribution in [2.75, 3.05) is 7.05 Å². The predicted octanol–water partition coefficient (Wildman–Crippen LogP) is 2.98. The van der Waals surface area contributed by atoms with E-state index in [1.807, 2.05) is 6.07 Å². The molecule has 0 unspecified atom stereocenters. The number of carbonyl (C=O) groups excluding carboxylic acids is 1. The Morgan fingerprint density at radius 1 is 1.27 bits per heavy atom. The molecule has 3 heterocycles. The number of nitrogens with one attached hydrogen (secondary N) is 1. The molecule has 0 saturated heterocycles. The molecule has 0 saturated carbocycles. The highest BCUT2D eigenvalue weighted by atomic mass is 19.1. The number of fused-ring (bicyclic) bond motifs is 1. The lowest BCUT2D eigenvalue weighted by Gasteiger charge is -2.19. The second-order valence-electron chi connectivity index (χ2n) is 5.20. The van der Waals surface area contributed by atoms with Crippen LogP contribution in [0.4, 0.5) is 4.39 Å². The Balaban J connectivity index is 1.90. The number of aromatic nitrogens is 2. The first kappa shape index (κ1) is 12.8. The molecule has 0 radical (unpaired) electrons. The lowest BCUT2D eigenvalue weighted by atomic mass is 10.0. The molecule has 5 nitrogen and oxygen atoms in total. The molecule has 3 aromatic rings. The summed E-state index contributed by atoms with van der Waals surface area (Å²) in [5.41, 5.74) is 2.59. The van der Waals surface area contributed by atoms with E-state index in [1.165, 1.54) is 12.1 Å².